The van der Waals surface area contributed by atoms with Crippen molar-refractivity contribution < 1.29 is 4.79 Å². The SMILES string of the molecule is CC(=O)C1(C2=CCCC=C2)CC1. The van der Waals surface area contributed by atoms with Crippen molar-refractivity contribution in [2.45, 2.75) is 32.6 Å². The molecule has 0 saturated heterocycles. The van der Waals surface area contributed by atoms with Gasteiger partial charge >= 0.3 is 0 Å². The normalized spacial score (nSPS) is 24.9. The molecule has 2 aliphatic rings. The van der Waals surface area contributed by atoms with Crippen molar-refractivity contribution >= 4 is 5.78 Å². The van der Waals surface area contributed by atoms with E-state index < -0.39 is 0 Å². The fourth-order valence-electron chi connectivity index (χ4n) is 1.94. The molecule has 0 bridgehead atoms. The zero-order valence-electron chi connectivity index (χ0n) is 7.47. The smallest absolute Gasteiger partial charge is 0.140 e. The van der Waals surface area contributed by atoms with Gasteiger partial charge in [0.2, 0.25) is 0 Å². The van der Waals surface area contributed by atoms with Gasteiger partial charge in [0.15, 0.2) is 0 Å². The predicted molar refractivity (Wildman–Crippen MR) is 48.8 cm³/mol. The summed E-state index contributed by atoms with van der Waals surface area (Å²) in [7, 11) is 0. The van der Waals surface area contributed by atoms with E-state index in [1.807, 2.05) is 0 Å². The van der Waals surface area contributed by atoms with Crippen LogP contribution >= 0.6 is 0 Å². The van der Waals surface area contributed by atoms with Crippen LogP contribution in [0.2, 0.25) is 0 Å². The van der Waals surface area contributed by atoms with Gasteiger partial charge in [0.25, 0.3) is 0 Å². The molecular formula is C11H14O. The summed E-state index contributed by atoms with van der Waals surface area (Å²) in [6.07, 6.45) is 10.9. The minimum absolute atomic E-state index is 0.0447. The number of hydrogen-bond acceptors (Lipinski definition) is 1. The summed E-state index contributed by atoms with van der Waals surface area (Å²) in [5, 5.41) is 0. The largest absolute Gasteiger partial charge is 0.299 e. The van der Waals surface area contributed by atoms with Crippen LogP contribution in [0.3, 0.4) is 0 Å². The molecule has 1 fully saturated rings. The van der Waals surface area contributed by atoms with E-state index in [0.29, 0.717) is 5.78 Å². The lowest BCUT2D eigenvalue weighted by Crippen LogP contribution is -2.14. The number of carbonyl (C=O) groups is 1. The second-order valence-corrected chi connectivity index (χ2v) is 3.78. The van der Waals surface area contributed by atoms with Gasteiger partial charge < -0.3 is 0 Å². The van der Waals surface area contributed by atoms with E-state index in [1.54, 1.807) is 6.92 Å². The van der Waals surface area contributed by atoms with Crippen LogP contribution in [0.15, 0.2) is 23.8 Å². The molecule has 0 spiro atoms. The molecule has 0 aliphatic heterocycles. The molecule has 0 heterocycles. The van der Waals surface area contributed by atoms with Crippen molar-refractivity contribution in [2.75, 3.05) is 0 Å². The number of hydrogen-bond donors (Lipinski definition) is 0. The van der Waals surface area contributed by atoms with Crippen molar-refractivity contribution in [1.82, 2.24) is 0 Å². The van der Waals surface area contributed by atoms with Crippen LogP contribution in [0.25, 0.3) is 0 Å². The van der Waals surface area contributed by atoms with Crippen LogP contribution in [0, 0.1) is 5.41 Å². The Balaban J connectivity index is 2.24. The maximum Gasteiger partial charge on any atom is 0.140 e. The quantitative estimate of drug-likeness (QED) is 0.610. The molecule has 64 valence electrons. The van der Waals surface area contributed by atoms with Crippen LogP contribution in [0.5, 0.6) is 0 Å². The lowest BCUT2D eigenvalue weighted by atomic mass is 9.88. The molecule has 0 aromatic heterocycles. The molecule has 0 radical (unpaired) electrons. The van der Waals surface area contributed by atoms with Gasteiger partial charge in [-0.15, -0.1) is 0 Å². The zero-order valence-corrected chi connectivity index (χ0v) is 7.47. The molecule has 0 unspecified atom stereocenters. The number of allylic oxidation sites excluding steroid dienone is 4. The predicted octanol–water partition coefficient (Wildman–Crippen LogP) is 2.63. The van der Waals surface area contributed by atoms with E-state index >= 15 is 0 Å². The zero-order chi connectivity index (χ0) is 8.60. The maximum absolute atomic E-state index is 11.4. The van der Waals surface area contributed by atoms with Gasteiger partial charge in [0.05, 0.1) is 5.41 Å². The third-order valence-electron chi connectivity index (χ3n) is 2.97. The molecule has 0 amide bonds. The Bertz CT molecular complexity index is 267. The first-order chi connectivity index (χ1) is 5.76. The van der Waals surface area contributed by atoms with Gasteiger partial charge in [-0.3, -0.25) is 4.79 Å². The molecule has 2 rings (SSSR count). The highest BCUT2D eigenvalue weighted by atomic mass is 16.1. The summed E-state index contributed by atoms with van der Waals surface area (Å²) in [5.74, 6) is 0.348. The third-order valence-corrected chi connectivity index (χ3v) is 2.97. The van der Waals surface area contributed by atoms with Crippen LogP contribution in [0.4, 0.5) is 0 Å². The molecular weight excluding hydrogens is 148 g/mol. The van der Waals surface area contributed by atoms with Gasteiger partial charge in [0, 0.05) is 0 Å². The molecule has 0 aromatic carbocycles. The number of carbonyl (C=O) groups excluding carboxylic acids is 1. The minimum Gasteiger partial charge on any atom is -0.299 e. The van der Waals surface area contributed by atoms with E-state index in [9.17, 15) is 4.79 Å². The minimum atomic E-state index is -0.0447. The van der Waals surface area contributed by atoms with Gasteiger partial charge in [-0.05, 0) is 38.2 Å². The molecule has 1 nitrogen and oxygen atoms in total. The number of rotatable bonds is 2. The van der Waals surface area contributed by atoms with E-state index in [1.165, 1.54) is 5.57 Å². The summed E-state index contributed by atoms with van der Waals surface area (Å²) >= 11 is 0. The fraction of sp³-hybridized carbons (Fsp3) is 0.545. The first kappa shape index (κ1) is 7.78. The third kappa shape index (κ3) is 1.04. The fourth-order valence-corrected chi connectivity index (χ4v) is 1.94. The monoisotopic (exact) mass is 162 g/mol. The van der Waals surface area contributed by atoms with Gasteiger partial charge in [-0.25, -0.2) is 0 Å². The lowest BCUT2D eigenvalue weighted by molar-refractivity contribution is -0.120. The average Bonchev–Trinajstić information content (AvgIpc) is 2.86. The van der Waals surface area contributed by atoms with Crippen LogP contribution in [-0.4, -0.2) is 5.78 Å². The molecule has 0 N–H and O–H groups in total. The summed E-state index contributed by atoms with van der Waals surface area (Å²) in [4.78, 5) is 11.4. The van der Waals surface area contributed by atoms with Crippen LogP contribution in [-0.2, 0) is 4.79 Å². The molecule has 0 aromatic rings. The number of Topliss-reactive ketones (excluding diaryl/α,β-unsaturated/α-hetero) is 1. The summed E-state index contributed by atoms with van der Waals surface area (Å²) in [5.41, 5.74) is 1.23. The summed E-state index contributed by atoms with van der Waals surface area (Å²) in [6, 6.07) is 0. The topological polar surface area (TPSA) is 17.1 Å². The molecule has 1 saturated carbocycles. The van der Waals surface area contributed by atoms with E-state index in [4.69, 9.17) is 0 Å². The van der Waals surface area contributed by atoms with Gasteiger partial charge in [-0.2, -0.15) is 0 Å². The lowest BCUT2D eigenvalue weighted by Gasteiger charge is -2.15. The Kier molecular flexibility index (Phi) is 1.67. The van der Waals surface area contributed by atoms with Crippen molar-refractivity contribution in [3.8, 4) is 0 Å². The van der Waals surface area contributed by atoms with Crippen LogP contribution in [0.1, 0.15) is 32.6 Å². The maximum atomic E-state index is 11.4. The Hall–Kier alpha value is -0.850. The molecule has 1 heteroatoms. The van der Waals surface area contributed by atoms with Gasteiger partial charge in [0.1, 0.15) is 5.78 Å². The Morgan fingerprint density at radius 1 is 1.42 bits per heavy atom. The Morgan fingerprint density at radius 2 is 2.17 bits per heavy atom. The van der Waals surface area contributed by atoms with E-state index in [0.717, 1.165) is 25.7 Å². The summed E-state index contributed by atoms with van der Waals surface area (Å²) in [6.45, 7) is 1.72. The van der Waals surface area contributed by atoms with Crippen molar-refractivity contribution in [3.05, 3.63) is 23.8 Å². The van der Waals surface area contributed by atoms with E-state index in [-0.39, 0.29) is 5.41 Å². The molecule has 0 atom stereocenters. The Morgan fingerprint density at radius 3 is 2.58 bits per heavy atom. The molecule has 12 heavy (non-hydrogen) atoms. The first-order valence-electron chi connectivity index (χ1n) is 4.64. The highest BCUT2D eigenvalue weighted by Gasteiger charge is 2.49. The van der Waals surface area contributed by atoms with Crippen molar-refractivity contribution in [3.63, 3.8) is 0 Å². The average molecular weight is 162 g/mol. The van der Waals surface area contributed by atoms with Crippen molar-refractivity contribution in [2.24, 2.45) is 5.41 Å². The molecule has 2 aliphatic carbocycles. The van der Waals surface area contributed by atoms with Gasteiger partial charge in [-0.1, -0.05) is 18.2 Å². The highest BCUT2D eigenvalue weighted by molar-refractivity contribution is 5.89. The highest BCUT2D eigenvalue weighted by Crippen LogP contribution is 2.53. The second kappa shape index (κ2) is 2.58. The standard InChI is InChI=1S/C11H14O/c1-9(12)11(7-8-11)10-5-3-2-4-6-10/h3,5-6H,2,4,7-8H2,1H3. The Labute approximate surface area is 73.2 Å². The van der Waals surface area contributed by atoms with Crippen LogP contribution < -0.4 is 0 Å². The van der Waals surface area contributed by atoms with Crippen molar-refractivity contribution in [1.29, 1.82) is 0 Å². The first-order valence-corrected chi connectivity index (χ1v) is 4.64. The summed E-state index contributed by atoms with van der Waals surface area (Å²) < 4.78 is 0. The van der Waals surface area contributed by atoms with E-state index in [2.05, 4.69) is 18.2 Å². The second-order valence-electron chi connectivity index (χ2n) is 3.78. The number of ketones is 1.